The number of aliphatic hydroxyl groups is 1. The third-order valence-corrected chi connectivity index (χ3v) is 4.33. The SMILES string of the molecule is Cc1cc(C(O)(C(F)(F)F)C(F)(F)F)cc2c1[nH]c(=O)c1cc(F)ccc12. The summed E-state index contributed by atoms with van der Waals surface area (Å²) in [7, 11) is 0. The Balaban J connectivity index is 2.49. The number of fused-ring (bicyclic) bond motifs is 3. The fraction of sp³-hybridized carbons (Fsp3) is 0.235. The molecule has 0 aliphatic carbocycles. The second-order valence-corrected chi connectivity index (χ2v) is 6.07. The van der Waals surface area contributed by atoms with E-state index in [1.165, 1.54) is 6.92 Å². The molecule has 0 aliphatic heterocycles. The van der Waals surface area contributed by atoms with E-state index in [4.69, 9.17) is 0 Å². The smallest absolute Gasteiger partial charge is 0.369 e. The number of rotatable bonds is 1. The van der Waals surface area contributed by atoms with E-state index < -0.39 is 34.9 Å². The highest BCUT2D eigenvalue weighted by Gasteiger charge is 2.71. The third-order valence-electron chi connectivity index (χ3n) is 4.33. The number of aromatic amines is 1. The normalized spacial score (nSPS) is 13.5. The zero-order valence-corrected chi connectivity index (χ0v) is 13.4. The molecule has 0 saturated heterocycles. The average Bonchev–Trinajstić information content (AvgIpc) is 2.53. The maximum atomic E-state index is 13.4. The van der Waals surface area contributed by atoms with E-state index in [0.717, 1.165) is 18.2 Å². The van der Waals surface area contributed by atoms with Gasteiger partial charge in [0.2, 0.25) is 0 Å². The number of alkyl halides is 6. The molecule has 0 aliphatic rings. The van der Waals surface area contributed by atoms with E-state index in [2.05, 4.69) is 4.98 Å². The van der Waals surface area contributed by atoms with Gasteiger partial charge in [-0.2, -0.15) is 26.3 Å². The van der Waals surface area contributed by atoms with Gasteiger partial charge >= 0.3 is 12.4 Å². The van der Waals surface area contributed by atoms with Gasteiger partial charge in [0.1, 0.15) is 5.82 Å². The van der Waals surface area contributed by atoms with Crippen molar-refractivity contribution in [3.05, 3.63) is 57.6 Å². The van der Waals surface area contributed by atoms with Gasteiger partial charge in [-0.3, -0.25) is 4.79 Å². The number of pyridine rings is 1. The average molecular weight is 393 g/mol. The van der Waals surface area contributed by atoms with Crippen molar-refractivity contribution in [1.29, 1.82) is 0 Å². The molecule has 3 nitrogen and oxygen atoms in total. The minimum atomic E-state index is -6.05. The van der Waals surface area contributed by atoms with E-state index in [1.54, 1.807) is 0 Å². The molecule has 2 N–H and O–H groups in total. The third kappa shape index (κ3) is 2.75. The summed E-state index contributed by atoms with van der Waals surface area (Å²) in [5.74, 6) is -0.803. The quantitative estimate of drug-likeness (QED) is 0.475. The summed E-state index contributed by atoms with van der Waals surface area (Å²) in [5, 5.41) is 9.14. The molecule has 2 aromatic carbocycles. The van der Waals surface area contributed by atoms with Gasteiger partial charge in [-0.05, 0) is 36.1 Å². The van der Waals surface area contributed by atoms with Crippen molar-refractivity contribution in [3.63, 3.8) is 0 Å². The van der Waals surface area contributed by atoms with Crippen LogP contribution in [0.3, 0.4) is 0 Å². The van der Waals surface area contributed by atoms with Gasteiger partial charge in [-0.15, -0.1) is 0 Å². The number of benzene rings is 2. The second-order valence-electron chi connectivity index (χ2n) is 6.07. The Morgan fingerprint density at radius 1 is 0.889 bits per heavy atom. The largest absolute Gasteiger partial charge is 0.430 e. The predicted molar refractivity (Wildman–Crippen MR) is 82.8 cm³/mol. The molecule has 10 heteroatoms. The number of H-pyrrole nitrogens is 1. The zero-order valence-electron chi connectivity index (χ0n) is 13.4. The first kappa shape index (κ1) is 19.2. The van der Waals surface area contributed by atoms with Crippen molar-refractivity contribution in [2.45, 2.75) is 24.9 Å². The second kappa shape index (κ2) is 5.69. The van der Waals surface area contributed by atoms with E-state index in [1.807, 2.05) is 0 Å². The number of hydrogen-bond donors (Lipinski definition) is 2. The summed E-state index contributed by atoms with van der Waals surface area (Å²) in [4.78, 5) is 14.4. The lowest BCUT2D eigenvalue weighted by Gasteiger charge is -2.33. The van der Waals surface area contributed by atoms with Crippen molar-refractivity contribution in [3.8, 4) is 0 Å². The highest BCUT2D eigenvalue weighted by molar-refractivity contribution is 6.06. The Hall–Kier alpha value is -2.62. The zero-order chi connectivity index (χ0) is 20.4. The lowest BCUT2D eigenvalue weighted by Crippen LogP contribution is -2.53. The first-order valence-corrected chi connectivity index (χ1v) is 7.39. The number of hydrogen-bond acceptors (Lipinski definition) is 2. The van der Waals surface area contributed by atoms with Crippen molar-refractivity contribution >= 4 is 21.7 Å². The first-order valence-electron chi connectivity index (χ1n) is 7.39. The maximum absolute atomic E-state index is 13.4. The van der Waals surface area contributed by atoms with E-state index in [-0.39, 0.29) is 27.2 Å². The van der Waals surface area contributed by atoms with Crippen LogP contribution in [0.15, 0.2) is 35.1 Å². The van der Waals surface area contributed by atoms with Crippen LogP contribution in [0.5, 0.6) is 0 Å². The van der Waals surface area contributed by atoms with Gasteiger partial charge in [0.25, 0.3) is 11.2 Å². The van der Waals surface area contributed by atoms with Gasteiger partial charge in [0.05, 0.1) is 10.9 Å². The van der Waals surface area contributed by atoms with Crippen molar-refractivity contribution in [2.24, 2.45) is 0 Å². The van der Waals surface area contributed by atoms with Crippen LogP contribution in [0, 0.1) is 12.7 Å². The molecule has 0 atom stereocenters. The molecule has 27 heavy (non-hydrogen) atoms. The van der Waals surface area contributed by atoms with Crippen molar-refractivity contribution < 1.29 is 35.8 Å². The fourth-order valence-electron chi connectivity index (χ4n) is 2.98. The Kier molecular flexibility index (Phi) is 4.03. The monoisotopic (exact) mass is 393 g/mol. The molecule has 0 amide bonds. The summed E-state index contributed by atoms with van der Waals surface area (Å²) in [6, 6.07) is 3.82. The molecule has 144 valence electrons. The molecule has 0 fully saturated rings. The highest BCUT2D eigenvalue weighted by Crippen LogP contribution is 2.50. The van der Waals surface area contributed by atoms with E-state index >= 15 is 0 Å². The summed E-state index contributed by atoms with van der Waals surface area (Å²) in [5.41, 5.74) is -7.46. The highest BCUT2D eigenvalue weighted by atomic mass is 19.4. The summed E-state index contributed by atoms with van der Waals surface area (Å²) >= 11 is 0. The Morgan fingerprint density at radius 3 is 2.04 bits per heavy atom. The molecular weight excluding hydrogens is 383 g/mol. The molecule has 0 unspecified atom stereocenters. The number of halogens is 7. The molecule has 3 aromatic rings. The van der Waals surface area contributed by atoms with Crippen LogP contribution in [0.25, 0.3) is 21.7 Å². The molecule has 0 bridgehead atoms. The summed E-state index contributed by atoms with van der Waals surface area (Å²) < 4.78 is 92.4. The summed E-state index contributed by atoms with van der Waals surface area (Å²) in [6.45, 7) is 1.18. The van der Waals surface area contributed by atoms with Gasteiger partial charge < -0.3 is 10.1 Å². The van der Waals surface area contributed by atoms with Crippen LogP contribution < -0.4 is 5.56 Å². The van der Waals surface area contributed by atoms with Crippen LogP contribution in [0.1, 0.15) is 11.1 Å². The molecule has 1 aromatic heterocycles. The molecule has 1 heterocycles. The minimum Gasteiger partial charge on any atom is -0.369 e. The van der Waals surface area contributed by atoms with Gasteiger partial charge in [-0.1, -0.05) is 12.1 Å². The molecule has 0 radical (unpaired) electrons. The standard InChI is InChI=1S/C17H10F7NO2/c1-7-4-8(15(27,16(19,20)21)17(22,23)24)5-11-10-3-2-9(18)6-12(10)14(26)25-13(7)11/h2-6,27H,1H3,(H,25,26). The lowest BCUT2D eigenvalue weighted by atomic mass is 9.88. The lowest BCUT2D eigenvalue weighted by molar-refractivity contribution is -0.376. The minimum absolute atomic E-state index is 0.0189. The van der Waals surface area contributed by atoms with Crippen LogP contribution >= 0.6 is 0 Å². The molecular formula is C17H10F7NO2. The molecule has 0 saturated carbocycles. The molecule has 3 rings (SSSR count). The maximum Gasteiger partial charge on any atom is 0.430 e. The van der Waals surface area contributed by atoms with Gasteiger partial charge in [-0.25, -0.2) is 4.39 Å². The predicted octanol–water partition coefficient (Wildman–Crippen LogP) is 4.44. The van der Waals surface area contributed by atoms with Crippen LogP contribution in [-0.2, 0) is 5.60 Å². The van der Waals surface area contributed by atoms with Gasteiger partial charge in [0.15, 0.2) is 0 Å². The van der Waals surface area contributed by atoms with Crippen LogP contribution in [-0.4, -0.2) is 22.4 Å². The van der Waals surface area contributed by atoms with Crippen LogP contribution in [0.4, 0.5) is 30.7 Å². The Labute approximate surface area is 146 Å². The number of aromatic nitrogens is 1. The fourth-order valence-corrected chi connectivity index (χ4v) is 2.98. The number of nitrogens with one attached hydrogen (secondary N) is 1. The van der Waals surface area contributed by atoms with Crippen molar-refractivity contribution in [1.82, 2.24) is 4.98 Å². The van der Waals surface area contributed by atoms with Crippen molar-refractivity contribution in [2.75, 3.05) is 0 Å². The van der Waals surface area contributed by atoms with E-state index in [9.17, 15) is 40.6 Å². The Bertz CT molecular complexity index is 1100. The summed E-state index contributed by atoms with van der Waals surface area (Å²) in [6.07, 6.45) is -12.1. The topological polar surface area (TPSA) is 53.1 Å². The number of aryl methyl sites for hydroxylation is 1. The molecule has 0 spiro atoms. The van der Waals surface area contributed by atoms with Crippen LogP contribution in [0.2, 0.25) is 0 Å². The first-order chi connectivity index (χ1) is 12.3. The van der Waals surface area contributed by atoms with E-state index in [0.29, 0.717) is 12.1 Å². The van der Waals surface area contributed by atoms with Gasteiger partial charge in [0, 0.05) is 10.9 Å². The Morgan fingerprint density at radius 2 is 1.48 bits per heavy atom.